The topological polar surface area (TPSA) is 61.4 Å². The van der Waals surface area contributed by atoms with Crippen LogP contribution in [0.25, 0.3) is 0 Å². The van der Waals surface area contributed by atoms with Crippen molar-refractivity contribution in [3.63, 3.8) is 0 Å². The molecule has 1 atom stereocenters. The predicted molar refractivity (Wildman–Crippen MR) is 98.7 cm³/mol. The second kappa shape index (κ2) is 6.81. The van der Waals surface area contributed by atoms with Gasteiger partial charge in [0, 0.05) is 50.8 Å². The summed E-state index contributed by atoms with van der Waals surface area (Å²) in [6.45, 7) is 2.90. The fraction of sp³-hybridized carbons (Fsp3) is 0.737. The van der Waals surface area contributed by atoms with Gasteiger partial charge in [-0.3, -0.25) is 4.79 Å². The van der Waals surface area contributed by atoms with Crippen LogP contribution in [0.5, 0.6) is 0 Å². The minimum atomic E-state index is 0.216. The zero-order valence-corrected chi connectivity index (χ0v) is 15.2. The SMILES string of the molecule is CNc1ccnc(N2CCC[C@@]3(CCC(=O)N(C4CCCC4)C3)C2)n1. The maximum absolute atomic E-state index is 12.5. The Kier molecular flexibility index (Phi) is 4.52. The van der Waals surface area contributed by atoms with Gasteiger partial charge in [0.1, 0.15) is 5.82 Å². The van der Waals surface area contributed by atoms with Crippen LogP contribution in [0.1, 0.15) is 51.4 Å². The van der Waals surface area contributed by atoms with Gasteiger partial charge in [0.25, 0.3) is 0 Å². The van der Waals surface area contributed by atoms with E-state index in [9.17, 15) is 4.79 Å². The van der Waals surface area contributed by atoms with Crippen molar-refractivity contribution in [2.45, 2.75) is 57.4 Å². The molecule has 1 saturated carbocycles. The van der Waals surface area contributed by atoms with Crippen molar-refractivity contribution in [2.24, 2.45) is 5.41 Å². The lowest BCUT2D eigenvalue weighted by molar-refractivity contribution is -0.140. The first-order valence-electron chi connectivity index (χ1n) is 9.74. The molecule has 25 heavy (non-hydrogen) atoms. The number of nitrogens with zero attached hydrogens (tertiary/aromatic N) is 4. The van der Waals surface area contributed by atoms with E-state index < -0.39 is 0 Å². The minimum Gasteiger partial charge on any atom is -0.373 e. The Bertz CT molecular complexity index is 630. The highest BCUT2D eigenvalue weighted by Gasteiger charge is 2.44. The third-order valence-corrected chi connectivity index (χ3v) is 6.30. The number of aromatic nitrogens is 2. The summed E-state index contributed by atoms with van der Waals surface area (Å²) >= 11 is 0. The van der Waals surface area contributed by atoms with Crippen molar-refractivity contribution >= 4 is 17.7 Å². The van der Waals surface area contributed by atoms with Crippen molar-refractivity contribution in [1.82, 2.24) is 14.9 Å². The molecule has 0 radical (unpaired) electrons. The van der Waals surface area contributed by atoms with E-state index in [1.807, 2.05) is 19.3 Å². The maximum Gasteiger partial charge on any atom is 0.227 e. The van der Waals surface area contributed by atoms with Crippen LogP contribution in [0.3, 0.4) is 0 Å². The molecule has 6 heteroatoms. The first-order valence-corrected chi connectivity index (χ1v) is 9.74. The van der Waals surface area contributed by atoms with Gasteiger partial charge in [0.2, 0.25) is 11.9 Å². The predicted octanol–water partition coefficient (Wildman–Crippen LogP) is 2.67. The zero-order valence-electron chi connectivity index (χ0n) is 15.2. The van der Waals surface area contributed by atoms with Crippen molar-refractivity contribution in [3.8, 4) is 0 Å². The van der Waals surface area contributed by atoms with Crippen molar-refractivity contribution in [3.05, 3.63) is 12.3 Å². The quantitative estimate of drug-likeness (QED) is 0.914. The number of likely N-dealkylation sites (tertiary alicyclic amines) is 1. The molecule has 3 aliphatic rings. The first kappa shape index (κ1) is 16.6. The van der Waals surface area contributed by atoms with Crippen LogP contribution in [0, 0.1) is 5.41 Å². The van der Waals surface area contributed by atoms with Crippen molar-refractivity contribution in [1.29, 1.82) is 0 Å². The van der Waals surface area contributed by atoms with E-state index in [0.29, 0.717) is 18.4 Å². The number of rotatable bonds is 3. The van der Waals surface area contributed by atoms with Gasteiger partial charge in [0.05, 0.1) is 0 Å². The lowest BCUT2D eigenvalue weighted by Crippen LogP contribution is -2.56. The monoisotopic (exact) mass is 343 g/mol. The van der Waals surface area contributed by atoms with Gasteiger partial charge >= 0.3 is 0 Å². The van der Waals surface area contributed by atoms with Gasteiger partial charge < -0.3 is 15.1 Å². The standard InChI is InChI=1S/C19H29N5O/c1-20-16-8-11-21-18(22-16)23-12-4-9-19(13-23)10-7-17(25)24(14-19)15-5-2-3-6-15/h8,11,15H,2-7,9-10,12-14H2,1H3,(H,20,21,22)/t19-/m1/s1. The van der Waals surface area contributed by atoms with Crippen LogP contribution >= 0.6 is 0 Å². The van der Waals surface area contributed by atoms with Crippen LogP contribution in [0.15, 0.2) is 12.3 Å². The van der Waals surface area contributed by atoms with E-state index in [4.69, 9.17) is 0 Å². The molecular weight excluding hydrogens is 314 g/mol. The summed E-state index contributed by atoms with van der Waals surface area (Å²) in [6.07, 6.45) is 10.9. The van der Waals surface area contributed by atoms with Crippen LogP contribution in [-0.2, 0) is 4.79 Å². The van der Waals surface area contributed by atoms with E-state index in [1.54, 1.807) is 0 Å². The summed E-state index contributed by atoms with van der Waals surface area (Å²) in [6, 6.07) is 2.38. The molecule has 6 nitrogen and oxygen atoms in total. The fourth-order valence-corrected chi connectivity index (χ4v) is 4.94. The maximum atomic E-state index is 12.5. The second-order valence-electron chi connectivity index (χ2n) is 7.98. The number of nitrogens with one attached hydrogen (secondary N) is 1. The Labute approximate surface area is 150 Å². The molecule has 1 N–H and O–H groups in total. The minimum absolute atomic E-state index is 0.216. The molecule has 1 amide bonds. The normalized spacial score (nSPS) is 28.0. The van der Waals surface area contributed by atoms with Gasteiger partial charge in [-0.15, -0.1) is 0 Å². The Morgan fingerprint density at radius 2 is 2.04 bits per heavy atom. The number of amides is 1. The summed E-state index contributed by atoms with van der Waals surface area (Å²) in [5.41, 5.74) is 0.216. The molecule has 0 aromatic carbocycles. The van der Waals surface area contributed by atoms with Crippen LogP contribution in [0.4, 0.5) is 11.8 Å². The Morgan fingerprint density at radius 1 is 1.20 bits per heavy atom. The highest BCUT2D eigenvalue weighted by Crippen LogP contribution is 2.41. The lowest BCUT2D eigenvalue weighted by atomic mass is 9.73. The molecule has 136 valence electrons. The summed E-state index contributed by atoms with van der Waals surface area (Å²) < 4.78 is 0. The van der Waals surface area contributed by atoms with Crippen LogP contribution < -0.4 is 10.2 Å². The van der Waals surface area contributed by atoms with E-state index >= 15 is 0 Å². The summed E-state index contributed by atoms with van der Waals surface area (Å²) in [4.78, 5) is 26.2. The molecule has 0 unspecified atom stereocenters. The number of piperidine rings is 2. The number of carbonyl (C=O) groups is 1. The average Bonchev–Trinajstić information content (AvgIpc) is 3.19. The summed E-state index contributed by atoms with van der Waals surface area (Å²) in [5.74, 6) is 2.05. The third kappa shape index (κ3) is 3.31. The van der Waals surface area contributed by atoms with Gasteiger partial charge in [-0.1, -0.05) is 12.8 Å². The Balaban J connectivity index is 1.51. The molecule has 3 heterocycles. The molecule has 1 aromatic rings. The number of hydrogen-bond donors (Lipinski definition) is 1. The van der Waals surface area contributed by atoms with Gasteiger partial charge in [-0.05, 0) is 38.2 Å². The summed E-state index contributed by atoms with van der Waals surface area (Å²) in [5, 5.41) is 3.10. The first-order chi connectivity index (χ1) is 12.2. The van der Waals surface area contributed by atoms with Crippen molar-refractivity contribution in [2.75, 3.05) is 36.9 Å². The van der Waals surface area contributed by atoms with Crippen molar-refractivity contribution < 1.29 is 4.79 Å². The second-order valence-corrected chi connectivity index (χ2v) is 7.98. The zero-order chi connectivity index (χ0) is 17.3. The largest absolute Gasteiger partial charge is 0.373 e. The van der Waals surface area contributed by atoms with Gasteiger partial charge in [0.15, 0.2) is 0 Å². The molecule has 1 aliphatic carbocycles. The number of anilines is 2. The van der Waals surface area contributed by atoms with E-state index in [1.165, 1.54) is 32.1 Å². The molecule has 3 fully saturated rings. The van der Waals surface area contributed by atoms with Crippen LogP contribution in [0.2, 0.25) is 0 Å². The van der Waals surface area contributed by atoms with Gasteiger partial charge in [-0.2, -0.15) is 4.98 Å². The van der Waals surface area contributed by atoms with Gasteiger partial charge in [-0.25, -0.2) is 4.98 Å². The fourth-order valence-electron chi connectivity index (χ4n) is 4.94. The molecule has 1 spiro atoms. The molecular formula is C19H29N5O. The van der Waals surface area contributed by atoms with E-state index in [2.05, 4.69) is 25.1 Å². The molecule has 2 aliphatic heterocycles. The molecule has 0 bridgehead atoms. The smallest absolute Gasteiger partial charge is 0.227 e. The lowest BCUT2D eigenvalue weighted by Gasteiger charge is -2.49. The van der Waals surface area contributed by atoms with E-state index in [-0.39, 0.29) is 5.41 Å². The highest BCUT2D eigenvalue weighted by molar-refractivity contribution is 5.77. The molecule has 2 saturated heterocycles. The Hall–Kier alpha value is -1.85. The van der Waals surface area contributed by atoms with E-state index in [0.717, 1.165) is 44.2 Å². The van der Waals surface area contributed by atoms with Crippen LogP contribution in [-0.4, -0.2) is 53.5 Å². The number of hydrogen-bond acceptors (Lipinski definition) is 5. The summed E-state index contributed by atoms with van der Waals surface area (Å²) in [7, 11) is 1.88. The Morgan fingerprint density at radius 3 is 2.84 bits per heavy atom. The highest BCUT2D eigenvalue weighted by atomic mass is 16.2. The number of carbonyl (C=O) groups excluding carboxylic acids is 1. The molecule has 4 rings (SSSR count). The average molecular weight is 343 g/mol. The third-order valence-electron chi connectivity index (χ3n) is 6.30. The molecule has 1 aromatic heterocycles.